The number of likely N-dealkylation sites (N-methyl/N-ethyl adjacent to an activating group) is 1. The first-order valence-corrected chi connectivity index (χ1v) is 16.1. The first-order valence-electron chi connectivity index (χ1n) is 15.2. The molecule has 1 aliphatic carbocycles. The van der Waals surface area contributed by atoms with Crippen LogP contribution in [-0.4, -0.2) is 95.2 Å². The summed E-state index contributed by atoms with van der Waals surface area (Å²) in [6, 6.07) is 4.44. The molecule has 13 heteroatoms. The van der Waals surface area contributed by atoms with Gasteiger partial charge in [-0.05, 0) is 59.2 Å². The van der Waals surface area contributed by atoms with Crippen LogP contribution in [0.15, 0.2) is 23.2 Å². The van der Waals surface area contributed by atoms with E-state index in [0.29, 0.717) is 52.9 Å². The molecule has 6 rings (SSSR count). The summed E-state index contributed by atoms with van der Waals surface area (Å²) >= 11 is 1.48. The monoisotopic (exact) mass is 616 g/mol. The number of carbonyl (C=O) groups is 1. The van der Waals surface area contributed by atoms with Crippen LogP contribution < -0.4 is 15.5 Å². The topological polar surface area (TPSA) is 145 Å². The molecule has 3 aromatic rings. The van der Waals surface area contributed by atoms with Crippen LogP contribution in [-0.2, 0) is 16.6 Å². The highest BCUT2D eigenvalue weighted by molar-refractivity contribution is 7.16. The minimum atomic E-state index is -0.615. The molecular weight excluding hydrogens is 576 g/mol. The molecule has 0 radical (unpaired) electrons. The smallest absolute Gasteiger partial charge is 0.245 e. The average Bonchev–Trinajstić information content (AvgIpc) is 3.57. The predicted octanol–water partition coefficient (Wildman–Crippen LogP) is 3.30. The molecule has 2 N–H and O–H groups in total. The number of nitriles is 1. The number of nitrogens with two attached hydrogens (primary N) is 1. The van der Waals surface area contributed by atoms with Crippen LogP contribution in [0.25, 0.3) is 11.5 Å². The first-order chi connectivity index (χ1) is 21.1. The second kappa shape index (κ2) is 11.8. The quantitative estimate of drug-likeness (QED) is 0.390. The van der Waals surface area contributed by atoms with Crippen molar-refractivity contribution in [3.8, 4) is 17.6 Å². The lowest BCUT2D eigenvalue weighted by molar-refractivity contribution is -0.131. The van der Waals surface area contributed by atoms with E-state index < -0.39 is 5.41 Å². The zero-order chi connectivity index (χ0) is 31.2. The third-order valence-corrected chi connectivity index (χ3v) is 10.3. The fourth-order valence-corrected chi connectivity index (χ4v) is 8.06. The van der Waals surface area contributed by atoms with E-state index in [1.54, 1.807) is 4.90 Å². The van der Waals surface area contributed by atoms with Gasteiger partial charge in [0.1, 0.15) is 22.6 Å². The fraction of sp³-hybridized carbons (Fsp3) is 0.548. The zero-order valence-electron chi connectivity index (χ0n) is 25.9. The van der Waals surface area contributed by atoms with Gasteiger partial charge in [-0.2, -0.15) is 15.2 Å². The molecule has 0 unspecified atom stereocenters. The second-order valence-corrected chi connectivity index (χ2v) is 13.8. The Kier molecular flexibility index (Phi) is 8.06. The van der Waals surface area contributed by atoms with Crippen molar-refractivity contribution in [1.82, 2.24) is 29.9 Å². The van der Waals surface area contributed by atoms with E-state index >= 15 is 0 Å². The lowest BCUT2D eigenvalue weighted by Gasteiger charge is -2.40. The lowest BCUT2D eigenvalue weighted by Crippen LogP contribution is -2.53. The molecule has 2 saturated heterocycles. The summed E-state index contributed by atoms with van der Waals surface area (Å²) in [5.74, 6) is 2.55. The first kappa shape index (κ1) is 30.0. The van der Waals surface area contributed by atoms with E-state index in [1.807, 2.05) is 13.1 Å². The summed E-state index contributed by atoms with van der Waals surface area (Å²) in [6.45, 7) is 12.8. The van der Waals surface area contributed by atoms with Gasteiger partial charge in [-0.15, -0.1) is 11.3 Å². The van der Waals surface area contributed by atoms with E-state index in [1.165, 1.54) is 17.4 Å². The molecule has 0 spiro atoms. The molecule has 0 bridgehead atoms. The number of hydrogen-bond donors (Lipinski definition) is 1. The van der Waals surface area contributed by atoms with Crippen LogP contribution in [0.5, 0.6) is 0 Å². The number of amides is 1. The molecule has 3 aliphatic rings. The van der Waals surface area contributed by atoms with E-state index in [-0.39, 0.29) is 11.9 Å². The van der Waals surface area contributed by atoms with Gasteiger partial charge in [-0.3, -0.25) is 4.79 Å². The number of aryl methyl sites for hydroxylation is 1. The maximum Gasteiger partial charge on any atom is 0.245 e. The van der Waals surface area contributed by atoms with Crippen molar-refractivity contribution < 1.29 is 9.32 Å². The van der Waals surface area contributed by atoms with Crippen molar-refractivity contribution in [2.45, 2.75) is 51.0 Å². The number of fused-ring (bicyclic) bond motifs is 1. The van der Waals surface area contributed by atoms with Crippen LogP contribution >= 0.6 is 11.3 Å². The summed E-state index contributed by atoms with van der Waals surface area (Å²) in [5.41, 5.74) is 7.65. The van der Waals surface area contributed by atoms with E-state index in [4.69, 9.17) is 25.2 Å². The van der Waals surface area contributed by atoms with E-state index in [2.05, 4.69) is 53.4 Å². The minimum absolute atomic E-state index is 0.0330. The zero-order valence-corrected chi connectivity index (χ0v) is 26.7. The van der Waals surface area contributed by atoms with Crippen LogP contribution in [0.1, 0.15) is 55.0 Å². The van der Waals surface area contributed by atoms with Gasteiger partial charge in [0.25, 0.3) is 0 Å². The third kappa shape index (κ3) is 5.41. The Morgan fingerprint density at radius 2 is 2.09 bits per heavy atom. The van der Waals surface area contributed by atoms with Crippen LogP contribution in [0.2, 0.25) is 0 Å². The number of thiophene rings is 1. The fourth-order valence-electron chi connectivity index (χ4n) is 6.87. The second-order valence-electron chi connectivity index (χ2n) is 12.6. The van der Waals surface area contributed by atoms with Crippen molar-refractivity contribution in [3.05, 3.63) is 40.6 Å². The van der Waals surface area contributed by atoms with Gasteiger partial charge < -0.3 is 29.9 Å². The van der Waals surface area contributed by atoms with Gasteiger partial charge in [0.05, 0.1) is 11.0 Å². The molecule has 232 valence electrons. The van der Waals surface area contributed by atoms with Crippen molar-refractivity contribution in [2.24, 2.45) is 5.92 Å². The molecule has 5 heterocycles. The van der Waals surface area contributed by atoms with Crippen molar-refractivity contribution in [2.75, 3.05) is 68.9 Å². The summed E-state index contributed by atoms with van der Waals surface area (Å²) < 4.78 is 5.96. The largest absolute Gasteiger partial charge is 0.389 e. The van der Waals surface area contributed by atoms with Crippen LogP contribution in [0, 0.1) is 17.2 Å². The van der Waals surface area contributed by atoms with Gasteiger partial charge in [-0.1, -0.05) is 11.7 Å². The Morgan fingerprint density at radius 3 is 2.84 bits per heavy atom. The standard InChI is InChI=1S/C31H40N10O2S/c1-6-25(42)40-17-20(18-40)16-39(5)24-13-22(34-30(35-24)41-12-8-11-38(4)15-19(41)2)28-36-29(43-37-28)31(3)10-7-9-23-26(31)21(14-32)27(33)44-23/h6,13,19-20H,1,7-12,15-18,33H2,2-5H3/t19-,31-/m0/s1. The van der Waals surface area contributed by atoms with Gasteiger partial charge in [0, 0.05) is 68.2 Å². The number of carbonyl (C=O) groups excluding carboxylic acids is 1. The summed E-state index contributed by atoms with van der Waals surface area (Å²) in [6.07, 6.45) is 4.98. The third-order valence-electron chi connectivity index (χ3n) is 9.25. The number of nitrogen functional groups attached to an aromatic ring is 1. The Morgan fingerprint density at radius 1 is 1.30 bits per heavy atom. The predicted molar refractivity (Wildman–Crippen MR) is 171 cm³/mol. The number of hydrogen-bond acceptors (Lipinski definition) is 12. The minimum Gasteiger partial charge on any atom is -0.389 e. The number of likely N-dealkylation sites (tertiary alicyclic amines) is 1. The molecule has 0 saturated carbocycles. The van der Waals surface area contributed by atoms with Gasteiger partial charge in [-0.25, -0.2) is 4.98 Å². The molecule has 1 amide bonds. The van der Waals surface area contributed by atoms with Crippen LogP contribution in [0.3, 0.4) is 0 Å². The molecule has 2 aliphatic heterocycles. The van der Waals surface area contributed by atoms with E-state index in [0.717, 1.165) is 68.1 Å². The summed E-state index contributed by atoms with van der Waals surface area (Å²) in [5, 5.41) is 14.9. The number of aromatic nitrogens is 4. The SMILES string of the molecule is C=CC(=O)N1CC(CN(C)c2cc(-c3noc([C@@]4(C)CCCc5sc(N)c(C#N)c54)n3)nc(N3CCCN(C)C[C@@H]3C)n2)C1. The molecule has 3 aromatic heterocycles. The van der Waals surface area contributed by atoms with E-state index in [9.17, 15) is 10.1 Å². The maximum atomic E-state index is 12.0. The summed E-state index contributed by atoms with van der Waals surface area (Å²) in [7, 11) is 4.16. The number of nitrogens with zero attached hydrogens (tertiary/aromatic N) is 9. The number of rotatable bonds is 7. The van der Waals surface area contributed by atoms with Crippen molar-refractivity contribution >= 4 is 34.0 Å². The molecule has 2 fully saturated rings. The molecule has 0 aromatic carbocycles. The Balaban J connectivity index is 1.35. The maximum absolute atomic E-state index is 12.0. The van der Waals surface area contributed by atoms with Gasteiger partial charge >= 0.3 is 0 Å². The van der Waals surface area contributed by atoms with Gasteiger partial charge in [0.15, 0.2) is 0 Å². The molecule has 44 heavy (non-hydrogen) atoms. The van der Waals surface area contributed by atoms with Crippen molar-refractivity contribution in [3.63, 3.8) is 0 Å². The van der Waals surface area contributed by atoms with Crippen molar-refractivity contribution in [1.29, 1.82) is 5.26 Å². The normalized spacial score (nSPS) is 22.6. The van der Waals surface area contributed by atoms with Gasteiger partial charge in [0.2, 0.25) is 23.6 Å². The Hall–Kier alpha value is -4.02. The Bertz CT molecular complexity index is 1600. The highest BCUT2D eigenvalue weighted by Gasteiger charge is 2.43. The molecule has 12 nitrogen and oxygen atoms in total. The average molecular weight is 617 g/mol. The summed E-state index contributed by atoms with van der Waals surface area (Å²) in [4.78, 5) is 36.5. The Labute approximate surface area is 262 Å². The lowest BCUT2D eigenvalue weighted by atomic mass is 9.72. The molecule has 2 atom stereocenters. The highest BCUT2D eigenvalue weighted by atomic mass is 32.1. The van der Waals surface area contributed by atoms with Crippen LogP contribution in [0.4, 0.5) is 16.8 Å². The number of anilines is 3. The highest BCUT2D eigenvalue weighted by Crippen LogP contribution is 2.48. The molecular formula is C31H40N10O2S.